The first kappa shape index (κ1) is 15.5. The van der Waals surface area contributed by atoms with Gasteiger partial charge in [0.1, 0.15) is 12.4 Å². The number of ether oxygens (including phenoxy) is 1. The van der Waals surface area contributed by atoms with Crippen LogP contribution < -0.4 is 4.74 Å². The molecule has 4 nitrogen and oxygen atoms in total. The van der Waals surface area contributed by atoms with Gasteiger partial charge in [-0.25, -0.2) is 0 Å². The first-order valence-corrected chi connectivity index (χ1v) is 7.43. The Bertz CT molecular complexity index is 656. The Morgan fingerprint density at radius 2 is 1.95 bits per heavy atom. The summed E-state index contributed by atoms with van der Waals surface area (Å²) in [5.41, 5.74) is 1.95. The first-order valence-electron chi connectivity index (χ1n) is 6.63. The molecule has 21 heavy (non-hydrogen) atoms. The highest BCUT2D eigenvalue weighted by Gasteiger charge is 2.13. The molecule has 0 aliphatic heterocycles. The lowest BCUT2D eigenvalue weighted by atomic mass is 10.0. The molecule has 2 rings (SSSR count). The highest BCUT2D eigenvalue weighted by Crippen LogP contribution is 2.28. The molecule has 0 aliphatic carbocycles. The van der Waals surface area contributed by atoms with E-state index in [0.29, 0.717) is 17.0 Å². The van der Waals surface area contributed by atoms with Gasteiger partial charge in [0.05, 0.1) is 9.40 Å². The molecule has 0 fully saturated rings. The second kappa shape index (κ2) is 6.72. The van der Waals surface area contributed by atoms with E-state index in [-0.39, 0.29) is 5.69 Å². The summed E-state index contributed by atoms with van der Waals surface area (Å²) in [4.78, 5) is 10.5. The van der Waals surface area contributed by atoms with Crippen molar-refractivity contribution in [3.05, 3.63) is 68.2 Å². The molecule has 2 aromatic carbocycles. The summed E-state index contributed by atoms with van der Waals surface area (Å²) in [6, 6.07) is 12.9. The van der Waals surface area contributed by atoms with Gasteiger partial charge in [-0.05, 0) is 45.1 Å². The smallest absolute Gasteiger partial charge is 0.283 e. The fraction of sp³-hybridized carbons (Fsp3) is 0.250. The molecule has 0 amide bonds. The van der Waals surface area contributed by atoms with E-state index in [1.165, 1.54) is 6.07 Å². The van der Waals surface area contributed by atoms with Crippen LogP contribution in [0, 0.1) is 10.1 Å². The summed E-state index contributed by atoms with van der Waals surface area (Å²) in [5.74, 6) is 1.18. The standard InChI is InChI=1S/C16H16BrNO3/c1-11(2)13-5-3-4-6-16(13)21-10-12-7-8-14(17)15(9-12)18(19)20/h3-9,11H,10H2,1-2H3. The van der Waals surface area contributed by atoms with Crippen LogP contribution in [-0.2, 0) is 6.61 Å². The quantitative estimate of drug-likeness (QED) is 0.559. The van der Waals surface area contributed by atoms with Gasteiger partial charge in [-0.2, -0.15) is 0 Å². The number of rotatable bonds is 5. The molecule has 0 saturated carbocycles. The maximum atomic E-state index is 10.9. The predicted octanol–water partition coefficient (Wildman–Crippen LogP) is 5.06. The summed E-state index contributed by atoms with van der Waals surface area (Å²) < 4.78 is 6.29. The van der Waals surface area contributed by atoms with Gasteiger partial charge in [-0.15, -0.1) is 0 Å². The average molecular weight is 350 g/mol. The van der Waals surface area contributed by atoms with Crippen molar-refractivity contribution < 1.29 is 9.66 Å². The van der Waals surface area contributed by atoms with Crippen molar-refractivity contribution in [2.75, 3.05) is 0 Å². The van der Waals surface area contributed by atoms with Gasteiger partial charge in [0.2, 0.25) is 0 Å². The molecule has 0 aromatic heterocycles. The third-order valence-electron chi connectivity index (χ3n) is 3.14. The molecule has 0 radical (unpaired) electrons. The minimum absolute atomic E-state index is 0.0493. The molecule has 0 atom stereocenters. The lowest BCUT2D eigenvalue weighted by molar-refractivity contribution is -0.385. The highest BCUT2D eigenvalue weighted by molar-refractivity contribution is 9.10. The Morgan fingerprint density at radius 3 is 2.62 bits per heavy atom. The third kappa shape index (κ3) is 3.82. The predicted molar refractivity (Wildman–Crippen MR) is 85.7 cm³/mol. The number of hydrogen-bond acceptors (Lipinski definition) is 3. The van der Waals surface area contributed by atoms with Crippen LogP contribution in [0.5, 0.6) is 5.75 Å². The van der Waals surface area contributed by atoms with Gasteiger partial charge in [0, 0.05) is 6.07 Å². The van der Waals surface area contributed by atoms with Crippen molar-refractivity contribution in [2.45, 2.75) is 26.4 Å². The third-order valence-corrected chi connectivity index (χ3v) is 3.81. The summed E-state index contributed by atoms with van der Waals surface area (Å²) >= 11 is 3.18. The van der Waals surface area contributed by atoms with E-state index >= 15 is 0 Å². The van der Waals surface area contributed by atoms with Crippen molar-refractivity contribution in [3.63, 3.8) is 0 Å². The Hall–Kier alpha value is -1.88. The zero-order valence-corrected chi connectivity index (χ0v) is 13.5. The van der Waals surface area contributed by atoms with E-state index < -0.39 is 4.92 Å². The van der Waals surface area contributed by atoms with Crippen LogP contribution in [0.25, 0.3) is 0 Å². The monoisotopic (exact) mass is 349 g/mol. The minimum Gasteiger partial charge on any atom is -0.489 e. The minimum atomic E-state index is -0.407. The summed E-state index contributed by atoms with van der Waals surface area (Å²) in [7, 11) is 0. The number of halogens is 1. The Labute approximate surface area is 132 Å². The zero-order chi connectivity index (χ0) is 15.4. The summed E-state index contributed by atoms with van der Waals surface area (Å²) in [6.07, 6.45) is 0. The van der Waals surface area contributed by atoms with Crippen molar-refractivity contribution in [1.82, 2.24) is 0 Å². The van der Waals surface area contributed by atoms with E-state index in [9.17, 15) is 10.1 Å². The molecular formula is C16H16BrNO3. The van der Waals surface area contributed by atoms with E-state index in [4.69, 9.17) is 4.74 Å². The molecule has 0 saturated heterocycles. The number of hydrogen-bond donors (Lipinski definition) is 0. The molecule has 5 heteroatoms. The Kier molecular flexibility index (Phi) is 4.96. The number of nitro benzene ring substituents is 1. The van der Waals surface area contributed by atoms with Crippen LogP contribution >= 0.6 is 15.9 Å². The van der Waals surface area contributed by atoms with Gasteiger partial charge in [-0.1, -0.05) is 38.1 Å². The van der Waals surface area contributed by atoms with Gasteiger partial charge < -0.3 is 4.74 Å². The fourth-order valence-corrected chi connectivity index (χ4v) is 2.43. The maximum absolute atomic E-state index is 10.9. The number of para-hydroxylation sites is 1. The zero-order valence-electron chi connectivity index (χ0n) is 11.9. The molecule has 0 spiro atoms. The molecule has 0 aliphatic rings. The van der Waals surface area contributed by atoms with Crippen LogP contribution in [0.1, 0.15) is 30.9 Å². The fourth-order valence-electron chi connectivity index (χ4n) is 2.04. The van der Waals surface area contributed by atoms with E-state index in [1.54, 1.807) is 6.07 Å². The van der Waals surface area contributed by atoms with Crippen molar-refractivity contribution in [2.24, 2.45) is 0 Å². The normalized spacial score (nSPS) is 10.7. The number of nitrogens with zero attached hydrogens (tertiary/aromatic N) is 1. The van der Waals surface area contributed by atoms with Crippen molar-refractivity contribution >= 4 is 21.6 Å². The Morgan fingerprint density at radius 1 is 1.24 bits per heavy atom. The summed E-state index contributed by atoms with van der Waals surface area (Å²) in [6.45, 7) is 4.51. The first-order chi connectivity index (χ1) is 9.99. The maximum Gasteiger partial charge on any atom is 0.283 e. The topological polar surface area (TPSA) is 52.4 Å². The van der Waals surface area contributed by atoms with Crippen LogP contribution in [0.2, 0.25) is 0 Å². The second-order valence-corrected chi connectivity index (χ2v) is 5.88. The SMILES string of the molecule is CC(C)c1ccccc1OCc1ccc(Br)c([N+](=O)[O-])c1. The Balaban J connectivity index is 2.17. The van der Waals surface area contributed by atoms with Gasteiger partial charge in [0.25, 0.3) is 5.69 Å². The van der Waals surface area contributed by atoms with Crippen molar-refractivity contribution in [3.8, 4) is 5.75 Å². The molecule has 110 valence electrons. The van der Waals surface area contributed by atoms with Gasteiger partial charge in [-0.3, -0.25) is 10.1 Å². The van der Waals surface area contributed by atoms with Crippen molar-refractivity contribution in [1.29, 1.82) is 0 Å². The van der Waals surface area contributed by atoms with E-state index in [2.05, 4.69) is 29.8 Å². The van der Waals surface area contributed by atoms with Gasteiger partial charge in [0.15, 0.2) is 0 Å². The van der Waals surface area contributed by atoms with Crippen LogP contribution in [-0.4, -0.2) is 4.92 Å². The average Bonchev–Trinajstić information content (AvgIpc) is 2.46. The van der Waals surface area contributed by atoms with E-state index in [0.717, 1.165) is 16.9 Å². The van der Waals surface area contributed by atoms with E-state index in [1.807, 2.05) is 30.3 Å². The molecule has 0 heterocycles. The molecule has 0 N–H and O–H groups in total. The van der Waals surface area contributed by atoms with Gasteiger partial charge >= 0.3 is 0 Å². The summed E-state index contributed by atoms with van der Waals surface area (Å²) in [5, 5.41) is 10.9. The highest BCUT2D eigenvalue weighted by atomic mass is 79.9. The molecule has 0 bridgehead atoms. The number of benzene rings is 2. The second-order valence-electron chi connectivity index (χ2n) is 5.02. The molecule has 2 aromatic rings. The van der Waals surface area contributed by atoms with Crippen LogP contribution in [0.4, 0.5) is 5.69 Å². The van der Waals surface area contributed by atoms with Crippen LogP contribution in [0.15, 0.2) is 46.9 Å². The van der Waals surface area contributed by atoms with Crippen LogP contribution in [0.3, 0.4) is 0 Å². The largest absolute Gasteiger partial charge is 0.489 e. The lowest BCUT2D eigenvalue weighted by Crippen LogP contribution is -2.00. The molecule has 0 unspecified atom stereocenters. The molecular weight excluding hydrogens is 334 g/mol. The number of nitro groups is 1. The lowest BCUT2D eigenvalue weighted by Gasteiger charge is -2.13.